The molecule has 5 atom stereocenters. The summed E-state index contributed by atoms with van der Waals surface area (Å²) >= 11 is 0. The number of halogens is 1. The van der Waals surface area contributed by atoms with Crippen LogP contribution >= 0.6 is 0 Å². The molecule has 2 aromatic heterocycles. The normalized spacial score (nSPS) is 25.4. The van der Waals surface area contributed by atoms with Gasteiger partial charge in [0.2, 0.25) is 27.7 Å². The second kappa shape index (κ2) is 16.7. The predicted octanol–water partition coefficient (Wildman–Crippen LogP) is 4.49. The zero-order valence-corrected chi connectivity index (χ0v) is 35.6. The molecule has 3 fully saturated rings. The molecule has 4 heterocycles. The van der Waals surface area contributed by atoms with Gasteiger partial charge in [0.1, 0.15) is 40.7 Å². The number of hydrogen-bond acceptors (Lipinski definition) is 11. The van der Waals surface area contributed by atoms with Crippen LogP contribution in [0.5, 0.6) is 17.4 Å². The number of nitrogens with zero attached hydrogens (tertiary/aromatic N) is 4. The predicted molar refractivity (Wildman–Crippen MR) is 218 cm³/mol. The zero-order chi connectivity index (χ0) is 43.1. The summed E-state index contributed by atoms with van der Waals surface area (Å²) in [6.07, 6.45) is 8.28. The summed E-state index contributed by atoms with van der Waals surface area (Å²) < 4.78 is 62.0. The number of sulfonamides is 1. The van der Waals surface area contributed by atoms with E-state index in [-0.39, 0.29) is 66.5 Å². The first kappa shape index (κ1) is 42.8. The van der Waals surface area contributed by atoms with Crippen molar-refractivity contribution in [3.05, 3.63) is 54.1 Å². The minimum atomic E-state index is -4.04. The molecule has 0 radical (unpaired) electrons. The average Bonchev–Trinajstić information content (AvgIpc) is 3.95. The van der Waals surface area contributed by atoms with E-state index < -0.39 is 73.9 Å². The molecule has 1 aromatic carbocycles. The number of hydrogen-bond donors (Lipinski definition) is 3. The Morgan fingerprint density at radius 2 is 1.85 bits per heavy atom. The lowest BCUT2D eigenvalue weighted by atomic mass is 10.0. The third-order valence-corrected chi connectivity index (χ3v) is 14.0. The van der Waals surface area contributed by atoms with Crippen molar-refractivity contribution in [2.75, 3.05) is 13.7 Å². The number of nitrogens with one attached hydrogen (secondary N) is 3. The van der Waals surface area contributed by atoms with Crippen LogP contribution in [0.25, 0.3) is 10.9 Å². The van der Waals surface area contributed by atoms with Crippen molar-refractivity contribution >= 4 is 44.6 Å². The van der Waals surface area contributed by atoms with E-state index >= 15 is 0 Å². The molecule has 4 aliphatic rings. The Kier molecular flexibility index (Phi) is 11.9. The van der Waals surface area contributed by atoms with Gasteiger partial charge in [-0.1, -0.05) is 25.0 Å². The number of aromatic nitrogens is 3. The molecule has 16 nitrogen and oxygen atoms in total. The molecule has 1 saturated heterocycles. The molecule has 2 aliphatic heterocycles. The largest absolute Gasteiger partial charge is 0.491 e. The summed E-state index contributed by atoms with van der Waals surface area (Å²) in [5.74, 6) is -3.47. The highest BCUT2D eigenvalue weighted by molar-refractivity contribution is 7.91. The lowest BCUT2D eigenvalue weighted by molar-refractivity contribution is -0.141. The summed E-state index contributed by atoms with van der Waals surface area (Å²) in [6.45, 7) is 8.93. The van der Waals surface area contributed by atoms with Crippen LogP contribution in [0.4, 0.5) is 4.39 Å². The van der Waals surface area contributed by atoms with Gasteiger partial charge < -0.3 is 29.7 Å². The van der Waals surface area contributed by atoms with Crippen LogP contribution in [-0.2, 0) is 24.4 Å². The van der Waals surface area contributed by atoms with E-state index in [9.17, 15) is 32.0 Å². The van der Waals surface area contributed by atoms with Gasteiger partial charge in [-0.05, 0) is 91.3 Å². The molecule has 4 amide bonds. The van der Waals surface area contributed by atoms with Crippen molar-refractivity contribution < 1.29 is 46.2 Å². The number of fused-ring (bicyclic) bond motifs is 3. The van der Waals surface area contributed by atoms with Gasteiger partial charge in [-0.3, -0.25) is 28.6 Å². The minimum Gasteiger partial charge on any atom is -0.491 e. The third-order valence-electron chi connectivity index (χ3n) is 11.8. The number of carbonyl (C=O) groups excluding carboxylic acids is 4. The van der Waals surface area contributed by atoms with Gasteiger partial charge in [-0.25, -0.2) is 17.8 Å². The van der Waals surface area contributed by atoms with Crippen molar-refractivity contribution in [1.82, 2.24) is 35.0 Å². The van der Waals surface area contributed by atoms with E-state index in [1.165, 1.54) is 24.1 Å². The second-order valence-corrected chi connectivity index (χ2v) is 19.3. The lowest BCUT2D eigenvalue weighted by Gasteiger charge is -2.30. The highest BCUT2D eigenvalue weighted by Gasteiger charge is 2.63. The number of rotatable bonds is 11. The van der Waals surface area contributed by atoms with Crippen LogP contribution < -0.4 is 29.6 Å². The molecule has 60 heavy (non-hydrogen) atoms. The van der Waals surface area contributed by atoms with Crippen molar-refractivity contribution in [3.8, 4) is 17.4 Å². The van der Waals surface area contributed by atoms with E-state index in [0.29, 0.717) is 31.1 Å². The summed E-state index contributed by atoms with van der Waals surface area (Å²) in [5.41, 5.74) is -1.30. The summed E-state index contributed by atoms with van der Waals surface area (Å²) in [5, 5.41) is 10.5. The van der Waals surface area contributed by atoms with Crippen LogP contribution in [0.15, 0.2) is 42.6 Å². The first-order valence-corrected chi connectivity index (χ1v) is 22.2. The monoisotopic (exact) mass is 851 g/mol. The first-order valence-electron chi connectivity index (χ1n) is 20.7. The van der Waals surface area contributed by atoms with E-state index in [1.807, 2.05) is 39.8 Å². The molecule has 3 aromatic rings. The molecule has 324 valence electrons. The van der Waals surface area contributed by atoms with Crippen molar-refractivity contribution in [2.45, 2.75) is 133 Å². The van der Waals surface area contributed by atoms with Crippen molar-refractivity contribution in [3.63, 3.8) is 0 Å². The fraction of sp³-hybridized carbons (Fsp3) is 0.571. The lowest BCUT2D eigenvalue weighted by Crippen LogP contribution is -2.58. The maximum Gasteiger partial charge on any atom is 0.272 e. The smallest absolute Gasteiger partial charge is 0.272 e. The topological polar surface area (TPSA) is 200 Å². The number of benzene rings is 1. The van der Waals surface area contributed by atoms with Crippen LogP contribution in [0, 0.1) is 11.7 Å². The molecule has 0 bridgehead atoms. The van der Waals surface area contributed by atoms with Crippen LogP contribution in [0.3, 0.4) is 0 Å². The molecule has 0 unspecified atom stereocenters. The molecule has 18 heteroatoms. The summed E-state index contributed by atoms with van der Waals surface area (Å²) in [7, 11) is -2.71. The number of carbonyl (C=O) groups is 4. The SMILES string of the molecule is COc1c(F)ccc2c(O[C@@H]3C[C@H]4C(=O)N[C@]5(C(=O)NS(=O)(=O)C6(C)CC6)C[C@H]5C=CCCCCC[C@H](NC(=O)c5ccn(C(C)C)n5)C(=O)N4C3)cc(OC(C)C)nc12. The number of pyridine rings is 1. The minimum absolute atomic E-state index is 0.000425. The highest BCUT2D eigenvalue weighted by Crippen LogP contribution is 2.48. The molecule has 2 aliphatic carbocycles. The van der Waals surface area contributed by atoms with Crippen LogP contribution in [-0.4, -0.2) is 99.9 Å². The fourth-order valence-corrected chi connectivity index (χ4v) is 9.20. The van der Waals surface area contributed by atoms with Crippen molar-refractivity contribution in [1.29, 1.82) is 0 Å². The number of methoxy groups -OCH3 is 1. The standard InChI is InChI=1S/C42H54FN7O9S/c1-24(2)50-19-16-30(47-50)37(51)44-31-13-11-9-7-8-10-12-26-22-42(26,40(54)48-60(55,56)41(5)17-18-41)46-38(52)32-20-27(23-49(32)39(31)53)59-33-21-34(58-25(3)4)45-35-28(33)14-15-29(43)36(35)57-6/h10,12,14-16,19,21,24-27,31-32H,7-9,11,13,17-18,20,22-23H2,1-6H3,(H,44,51)(H,46,52)(H,48,54)/t26-,27-,31+,32+,42-/m1/s1. The Morgan fingerprint density at radius 3 is 2.53 bits per heavy atom. The number of amides is 4. The van der Waals surface area contributed by atoms with Gasteiger partial charge in [-0.15, -0.1) is 0 Å². The Morgan fingerprint density at radius 1 is 1.08 bits per heavy atom. The van der Waals surface area contributed by atoms with Gasteiger partial charge in [0.15, 0.2) is 11.6 Å². The molecule has 3 N–H and O–H groups in total. The second-order valence-electron chi connectivity index (χ2n) is 17.1. The van der Waals surface area contributed by atoms with Gasteiger partial charge in [0.05, 0.1) is 24.5 Å². The van der Waals surface area contributed by atoms with Crippen molar-refractivity contribution in [2.24, 2.45) is 5.92 Å². The average molecular weight is 852 g/mol. The molecule has 7 rings (SSSR count). The van der Waals surface area contributed by atoms with E-state index in [0.717, 1.165) is 12.8 Å². The van der Waals surface area contributed by atoms with Gasteiger partial charge >= 0.3 is 0 Å². The number of ether oxygens (including phenoxy) is 3. The third kappa shape index (κ3) is 8.65. The molecule has 2 saturated carbocycles. The molecule has 0 spiro atoms. The molecular formula is C42H54FN7O9S. The van der Waals surface area contributed by atoms with E-state index in [4.69, 9.17) is 14.2 Å². The summed E-state index contributed by atoms with van der Waals surface area (Å²) in [4.78, 5) is 62.8. The zero-order valence-electron chi connectivity index (χ0n) is 34.8. The number of allylic oxidation sites excluding steroid dienone is 1. The Hall–Kier alpha value is -5.26. The maximum atomic E-state index is 14.9. The Bertz CT molecular complexity index is 2310. The first-order chi connectivity index (χ1) is 28.4. The fourth-order valence-electron chi connectivity index (χ4n) is 7.89. The van der Waals surface area contributed by atoms with Gasteiger partial charge in [0, 0.05) is 36.0 Å². The maximum absolute atomic E-state index is 14.9. The van der Waals surface area contributed by atoms with Crippen LogP contribution in [0.1, 0.15) is 109 Å². The van der Waals surface area contributed by atoms with Gasteiger partial charge in [0.25, 0.3) is 11.8 Å². The summed E-state index contributed by atoms with van der Waals surface area (Å²) in [6, 6.07) is 3.59. The van der Waals surface area contributed by atoms with E-state index in [2.05, 4.69) is 25.4 Å². The Balaban J connectivity index is 1.23. The molecular weight excluding hydrogens is 798 g/mol. The highest BCUT2D eigenvalue weighted by atomic mass is 32.2. The van der Waals surface area contributed by atoms with Gasteiger partial charge in [-0.2, -0.15) is 5.10 Å². The van der Waals surface area contributed by atoms with E-state index in [1.54, 1.807) is 29.9 Å². The Labute approximate surface area is 349 Å². The quantitative estimate of drug-likeness (QED) is 0.230. The van der Waals surface area contributed by atoms with Crippen LogP contribution in [0.2, 0.25) is 0 Å².